The second kappa shape index (κ2) is 7.83. The monoisotopic (exact) mass is 315 g/mol. The van der Waals surface area contributed by atoms with Crippen molar-refractivity contribution in [3.05, 3.63) is 29.0 Å². The fraction of sp³-hybridized carbons (Fsp3) is 0.429. The molecule has 0 saturated carbocycles. The number of rotatable bonds is 5. The predicted molar refractivity (Wildman–Crippen MR) is 81.1 cm³/mol. The first-order valence-corrected chi connectivity index (χ1v) is 6.96. The lowest BCUT2D eigenvalue weighted by Crippen LogP contribution is -2.43. The van der Waals surface area contributed by atoms with Crippen molar-refractivity contribution < 1.29 is 14.0 Å². The minimum absolute atomic E-state index is 0.0322. The van der Waals surface area contributed by atoms with Crippen molar-refractivity contribution in [2.45, 2.75) is 26.8 Å². The van der Waals surface area contributed by atoms with E-state index in [0.717, 1.165) is 0 Å². The first-order valence-electron chi connectivity index (χ1n) is 6.58. The third kappa shape index (κ3) is 5.59. The van der Waals surface area contributed by atoms with Crippen LogP contribution in [0.4, 0.5) is 14.9 Å². The van der Waals surface area contributed by atoms with Gasteiger partial charge in [-0.05, 0) is 32.0 Å². The van der Waals surface area contributed by atoms with E-state index in [9.17, 15) is 14.0 Å². The molecule has 0 aliphatic rings. The van der Waals surface area contributed by atoms with Crippen molar-refractivity contribution in [1.29, 1.82) is 0 Å². The van der Waals surface area contributed by atoms with Gasteiger partial charge in [0.15, 0.2) is 0 Å². The van der Waals surface area contributed by atoms with E-state index >= 15 is 0 Å². The zero-order valence-electron chi connectivity index (χ0n) is 12.2. The number of benzene rings is 1. The van der Waals surface area contributed by atoms with Crippen LogP contribution in [0.3, 0.4) is 0 Å². The molecule has 0 aliphatic carbocycles. The number of amides is 3. The third-order valence-corrected chi connectivity index (χ3v) is 2.93. The van der Waals surface area contributed by atoms with Crippen LogP contribution in [0.1, 0.15) is 20.8 Å². The molecular weight excluding hydrogens is 297 g/mol. The zero-order chi connectivity index (χ0) is 16.0. The van der Waals surface area contributed by atoms with Crippen LogP contribution in [-0.4, -0.2) is 31.1 Å². The molecule has 116 valence electrons. The summed E-state index contributed by atoms with van der Waals surface area (Å²) in [6, 6.07) is 3.78. The second-order valence-electron chi connectivity index (χ2n) is 4.82. The number of carbonyl (C=O) groups is 2. The van der Waals surface area contributed by atoms with Crippen LogP contribution in [0.15, 0.2) is 18.2 Å². The quantitative estimate of drug-likeness (QED) is 0.877. The summed E-state index contributed by atoms with van der Waals surface area (Å²) in [6.45, 7) is 5.63. The molecule has 0 radical (unpaired) electrons. The molecule has 1 aromatic carbocycles. The fourth-order valence-electron chi connectivity index (χ4n) is 1.72. The summed E-state index contributed by atoms with van der Waals surface area (Å²) in [7, 11) is 0. The van der Waals surface area contributed by atoms with Crippen LogP contribution in [0, 0.1) is 5.82 Å². The van der Waals surface area contributed by atoms with Crippen molar-refractivity contribution >= 4 is 29.2 Å². The average molecular weight is 316 g/mol. The standard InChI is InChI=1S/C14H19ClFN3O2/c1-9(2)18-14(21)17-6-7-19(10(3)20)11-4-5-13(16)12(15)8-11/h4-5,8-9H,6-7H2,1-3H3,(H2,17,18,21). The van der Waals surface area contributed by atoms with Crippen molar-refractivity contribution in [2.75, 3.05) is 18.0 Å². The highest BCUT2D eigenvalue weighted by molar-refractivity contribution is 6.31. The Hall–Kier alpha value is -1.82. The summed E-state index contributed by atoms with van der Waals surface area (Å²) in [5, 5.41) is 5.27. The molecule has 0 bridgehead atoms. The summed E-state index contributed by atoms with van der Waals surface area (Å²) in [4.78, 5) is 24.5. The lowest BCUT2D eigenvalue weighted by Gasteiger charge is -2.22. The van der Waals surface area contributed by atoms with Crippen LogP contribution in [0.25, 0.3) is 0 Å². The average Bonchev–Trinajstić information content (AvgIpc) is 2.37. The Morgan fingerprint density at radius 1 is 1.38 bits per heavy atom. The number of carbonyl (C=O) groups excluding carboxylic acids is 2. The Morgan fingerprint density at radius 2 is 2.05 bits per heavy atom. The van der Waals surface area contributed by atoms with E-state index in [1.807, 2.05) is 13.8 Å². The molecule has 1 rings (SSSR count). The third-order valence-electron chi connectivity index (χ3n) is 2.64. The molecule has 2 N–H and O–H groups in total. The number of halogens is 2. The maximum absolute atomic E-state index is 13.1. The van der Waals surface area contributed by atoms with Crippen LogP contribution < -0.4 is 15.5 Å². The summed E-state index contributed by atoms with van der Waals surface area (Å²) < 4.78 is 13.1. The summed E-state index contributed by atoms with van der Waals surface area (Å²) in [6.07, 6.45) is 0. The zero-order valence-corrected chi connectivity index (χ0v) is 13.0. The molecule has 5 nitrogen and oxygen atoms in total. The summed E-state index contributed by atoms with van der Waals surface area (Å²) in [5.74, 6) is -0.762. The van der Waals surface area contributed by atoms with Crippen molar-refractivity contribution in [2.24, 2.45) is 0 Å². The molecule has 7 heteroatoms. The van der Waals surface area contributed by atoms with E-state index in [-0.39, 0.29) is 36.1 Å². The second-order valence-corrected chi connectivity index (χ2v) is 5.23. The fourth-order valence-corrected chi connectivity index (χ4v) is 1.89. The van der Waals surface area contributed by atoms with Gasteiger partial charge in [-0.1, -0.05) is 11.6 Å². The minimum atomic E-state index is -0.543. The predicted octanol–water partition coefficient (Wildman–Crippen LogP) is 2.54. The van der Waals surface area contributed by atoms with Crippen molar-refractivity contribution in [3.63, 3.8) is 0 Å². The number of nitrogens with one attached hydrogen (secondary N) is 2. The van der Waals surface area contributed by atoms with Gasteiger partial charge in [-0.15, -0.1) is 0 Å². The topological polar surface area (TPSA) is 61.4 Å². The Labute approximate surface area is 128 Å². The SMILES string of the molecule is CC(=O)N(CCNC(=O)NC(C)C)c1ccc(F)c(Cl)c1. The smallest absolute Gasteiger partial charge is 0.315 e. The van der Waals surface area contributed by atoms with E-state index in [4.69, 9.17) is 11.6 Å². The Bertz CT molecular complexity index is 523. The van der Waals surface area contributed by atoms with E-state index in [2.05, 4.69) is 10.6 Å². The summed E-state index contributed by atoms with van der Waals surface area (Å²) >= 11 is 5.71. The van der Waals surface area contributed by atoms with Crippen LogP contribution in [0.2, 0.25) is 5.02 Å². The molecule has 0 spiro atoms. The van der Waals surface area contributed by atoms with E-state index in [1.54, 1.807) is 0 Å². The highest BCUT2D eigenvalue weighted by Gasteiger charge is 2.13. The van der Waals surface area contributed by atoms with Gasteiger partial charge in [0.05, 0.1) is 5.02 Å². The first kappa shape index (κ1) is 17.2. The number of hydrogen-bond donors (Lipinski definition) is 2. The molecule has 21 heavy (non-hydrogen) atoms. The van der Waals surface area contributed by atoms with Gasteiger partial charge in [-0.3, -0.25) is 4.79 Å². The largest absolute Gasteiger partial charge is 0.336 e. The molecule has 0 unspecified atom stereocenters. The van der Waals surface area contributed by atoms with Gasteiger partial charge in [0, 0.05) is 31.7 Å². The lowest BCUT2D eigenvalue weighted by atomic mass is 10.2. The Kier molecular flexibility index (Phi) is 6.42. The lowest BCUT2D eigenvalue weighted by molar-refractivity contribution is -0.116. The van der Waals surface area contributed by atoms with Crippen LogP contribution >= 0.6 is 11.6 Å². The van der Waals surface area contributed by atoms with Gasteiger partial charge >= 0.3 is 6.03 Å². The number of hydrogen-bond acceptors (Lipinski definition) is 2. The van der Waals surface area contributed by atoms with E-state index in [1.165, 1.54) is 30.0 Å². The minimum Gasteiger partial charge on any atom is -0.336 e. The van der Waals surface area contributed by atoms with Gasteiger partial charge in [0.2, 0.25) is 5.91 Å². The van der Waals surface area contributed by atoms with E-state index in [0.29, 0.717) is 5.69 Å². The Morgan fingerprint density at radius 3 is 2.57 bits per heavy atom. The molecular formula is C14H19ClFN3O2. The molecule has 0 aliphatic heterocycles. The maximum atomic E-state index is 13.1. The van der Waals surface area contributed by atoms with Gasteiger partial charge in [0.25, 0.3) is 0 Å². The van der Waals surface area contributed by atoms with Gasteiger partial charge in [-0.2, -0.15) is 0 Å². The molecule has 3 amide bonds. The number of nitrogens with zero attached hydrogens (tertiary/aromatic N) is 1. The molecule has 0 heterocycles. The molecule has 0 atom stereocenters. The Balaban J connectivity index is 2.64. The molecule has 0 saturated heterocycles. The van der Waals surface area contributed by atoms with Crippen molar-refractivity contribution in [3.8, 4) is 0 Å². The highest BCUT2D eigenvalue weighted by atomic mass is 35.5. The van der Waals surface area contributed by atoms with Gasteiger partial charge in [-0.25, -0.2) is 9.18 Å². The molecule has 0 aromatic heterocycles. The van der Waals surface area contributed by atoms with Gasteiger partial charge in [0.1, 0.15) is 5.82 Å². The van der Waals surface area contributed by atoms with E-state index < -0.39 is 5.82 Å². The normalized spacial score (nSPS) is 10.4. The van der Waals surface area contributed by atoms with Gasteiger partial charge < -0.3 is 15.5 Å². The first-order chi connectivity index (χ1) is 9.81. The summed E-state index contributed by atoms with van der Waals surface area (Å²) in [5.41, 5.74) is 0.486. The van der Waals surface area contributed by atoms with Crippen LogP contribution in [0.5, 0.6) is 0 Å². The number of urea groups is 1. The number of anilines is 1. The molecule has 1 aromatic rings. The van der Waals surface area contributed by atoms with Crippen LogP contribution in [-0.2, 0) is 4.79 Å². The molecule has 0 fully saturated rings. The van der Waals surface area contributed by atoms with Crippen molar-refractivity contribution in [1.82, 2.24) is 10.6 Å². The highest BCUT2D eigenvalue weighted by Crippen LogP contribution is 2.22. The maximum Gasteiger partial charge on any atom is 0.315 e.